The first-order chi connectivity index (χ1) is 9.70. The second-order valence-electron chi connectivity index (χ2n) is 4.50. The Morgan fingerprint density at radius 3 is 2.60 bits per heavy atom. The van der Waals surface area contributed by atoms with Crippen molar-refractivity contribution in [3.8, 4) is 0 Å². The van der Waals surface area contributed by atoms with Crippen molar-refractivity contribution in [3.05, 3.63) is 69.7 Å². The van der Waals surface area contributed by atoms with Crippen molar-refractivity contribution in [3.63, 3.8) is 0 Å². The van der Waals surface area contributed by atoms with Gasteiger partial charge in [0.25, 0.3) is 0 Å². The van der Waals surface area contributed by atoms with E-state index in [1.807, 2.05) is 55.6 Å². The van der Waals surface area contributed by atoms with Crippen molar-refractivity contribution in [1.82, 2.24) is 5.32 Å². The smallest absolute Gasteiger partial charge is 0.0954 e. The van der Waals surface area contributed by atoms with Gasteiger partial charge in [0.05, 0.1) is 12.7 Å². The second kappa shape index (κ2) is 7.65. The molecule has 0 aliphatic rings. The van der Waals surface area contributed by atoms with Gasteiger partial charge in [0.15, 0.2) is 0 Å². The van der Waals surface area contributed by atoms with Crippen LogP contribution in [-0.2, 0) is 11.3 Å². The molecule has 2 nitrogen and oxygen atoms in total. The van der Waals surface area contributed by atoms with Gasteiger partial charge in [-0.2, -0.15) is 0 Å². The van der Waals surface area contributed by atoms with E-state index in [0.717, 1.165) is 16.1 Å². The third-order valence-corrected chi connectivity index (χ3v) is 3.61. The predicted molar refractivity (Wildman–Crippen MR) is 84.4 cm³/mol. The quantitative estimate of drug-likeness (QED) is 0.850. The van der Waals surface area contributed by atoms with E-state index in [4.69, 9.17) is 27.9 Å². The van der Waals surface area contributed by atoms with Gasteiger partial charge in [-0.05, 0) is 36.4 Å². The van der Waals surface area contributed by atoms with Crippen molar-refractivity contribution in [2.45, 2.75) is 12.7 Å². The van der Waals surface area contributed by atoms with Crippen molar-refractivity contribution < 1.29 is 4.74 Å². The molecule has 0 heterocycles. The number of ether oxygens (including phenoxy) is 1. The number of hydrogen-bond acceptors (Lipinski definition) is 2. The Labute approximate surface area is 129 Å². The molecule has 1 N–H and O–H groups in total. The molecule has 0 saturated heterocycles. The van der Waals surface area contributed by atoms with Crippen molar-refractivity contribution in [2.75, 3.05) is 13.6 Å². The first kappa shape index (κ1) is 15.3. The summed E-state index contributed by atoms with van der Waals surface area (Å²) in [6.45, 7) is 1.18. The number of hydrogen-bond donors (Lipinski definition) is 1. The molecule has 0 bridgehead atoms. The van der Waals surface area contributed by atoms with Gasteiger partial charge in [0, 0.05) is 16.6 Å². The monoisotopic (exact) mass is 309 g/mol. The first-order valence-electron chi connectivity index (χ1n) is 6.46. The molecule has 2 rings (SSSR count). The van der Waals surface area contributed by atoms with Gasteiger partial charge in [-0.1, -0.05) is 53.5 Å². The van der Waals surface area contributed by atoms with Gasteiger partial charge in [-0.25, -0.2) is 0 Å². The molecule has 0 saturated carbocycles. The van der Waals surface area contributed by atoms with Crippen LogP contribution in [0.3, 0.4) is 0 Å². The van der Waals surface area contributed by atoms with Crippen LogP contribution in [0.4, 0.5) is 0 Å². The largest absolute Gasteiger partial charge is 0.367 e. The minimum atomic E-state index is -0.0602. The molecule has 0 fully saturated rings. The average molecular weight is 310 g/mol. The fourth-order valence-corrected chi connectivity index (χ4v) is 2.36. The summed E-state index contributed by atoms with van der Waals surface area (Å²) in [5.74, 6) is 0. The van der Waals surface area contributed by atoms with E-state index in [2.05, 4.69) is 5.32 Å². The van der Waals surface area contributed by atoms with Gasteiger partial charge in [0.2, 0.25) is 0 Å². The molecule has 1 unspecified atom stereocenters. The number of rotatable bonds is 6. The highest BCUT2D eigenvalue weighted by Crippen LogP contribution is 2.23. The van der Waals surface area contributed by atoms with E-state index in [1.54, 1.807) is 0 Å². The zero-order valence-corrected chi connectivity index (χ0v) is 12.8. The summed E-state index contributed by atoms with van der Waals surface area (Å²) in [4.78, 5) is 0. The molecule has 106 valence electrons. The Kier molecular flexibility index (Phi) is 5.86. The lowest BCUT2D eigenvalue weighted by Crippen LogP contribution is -2.19. The maximum Gasteiger partial charge on any atom is 0.0954 e. The van der Waals surface area contributed by atoms with Crippen molar-refractivity contribution in [1.29, 1.82) is 0 Å². The molecule has 0 aliphatic heterocycles. The van der Waals surface area contributed by atoms with E-state index in [9.17, 15) is 0 Å². The number of benzene rings is 2. The lowest BCUT2D eigenvalue weighted by molar-refractivity contribution is 0.0411. The Morgan fingerprint density at radius 2 is 1.90 bits per heavy atom. The average Bonchev–Trinajstić information content (AvgIpc) is 2.45. The van der Waals surface area contributed by atoms with Crippen LogP contribution in [0.1, 0.15) is 17.2 Å². The maximum atomic E-state index is 6.14. The van der Waals surface area contributed by atoms with Gasteiger partial charge in [-0.3, -0.25) is 0 Å². The van der Waals surface area contributed by atoms with Crippen LogP contribution in [0.5, 0.6) is 0 Å². The fourth-order valence-electron chi connectivity index (χ4n) is 1.97. The standard InChI is InChI=1S/C16H17Cl2NO/c1-19-10-16(12-6-4-7-14(17)9-12)20-11-13-5-2-3-8-15(13)18/h2-9,16,19H,10-11H2,1H3. The summed E-state index contributed by atoms with van der Waals surface area (Å²) in [7, 11) is 1.90. The Hall–Kier alpha value is -1.06. The van der Waals surface area contributed by atoms with E-state index >= 15 is 0 Å². The molecule has 20 heavy (non-hydrogen) atoms. The third-order valence-electron chi connectivity index (χ3n) is 3.01. The molecule has 0 aliphatic carbocycles. The van der Waals surface area contributed by atoms with Gasteiger partial charge >= 0.3 is 0 Å². The van der Waals surface area contributed by atoms with Gasteiger partial charge in [-0.15, -0.1) is 0 Å². The van der Waals surface area contributed by atoms with Crippen molar-refractivity contribution >= 4 is 23.2 Å². The molecular formula is C16H17Cl2NO. The fraction of sp³-hybridized carbons (Fsp3) is 0.250. The van der Waals surface area contributed by atoms with E-state index in [0.29, 0.717) is 18.2 Å². The van der Waals surface area contributed by atoms with Crippen LogP contribution >= 0.6 is 23.2 Å². The highest BCUT2D eigenvalue weighted by atomic mass is 35.5. The van der Waals surface area contributed by atoms with Crippen LogP contribution in [0.25, 0.3) is 0 Å². The summed E-state index contributed by atoms with van der Waals surface area (Å²) in [5.41, 5.74) is 2.04. The molecular weight excluding hydrogens is 293 g/mol. The minimum Gasteiger partial charge on any atom is -0.367 e. The molecule has 0 aromatic heterocycles. The van der Waals surface area contributed by atoms with Gasteiger partial charge < -0.3 is 10.1 Å². The van der Waals surface area contributed by atoms with Crippen LogP contribution < -0.4 is 5.32 Å². The maximum absolute atomic E-state index is 6.14. The molecule has 0 amide bonds. The van der Waals surface area contributed by atoms with Gasteiger partial charge in [0.1, 0.15) is 0 Å². The highest BCUT2D eigenvalue weighted by Gasteiger charge is 2.12. The summed E-state index contributed by atoms with van der Waals surface area (Å²) >= 11 is 12.2. The minimum absolute atomic E-state index is 0.0602. The second-order valence-corrected chi connectivity index (χ2v) is 5.35. The van der Waals surface area contributed by atoms with E-state index in [1.165, 1.54) is 0 Å². The lowest BCUT2D eigenvalue weighted by atomic mass is 10.1. The Morgan fingerprint density at radius 1 is 1.10 bits per heavy atom. The van der Waals surface area contributed by atoms with E-state index < -0.39 is 0 Å². The number of halogens is 2. The lowest BCUT2D eigenvalue weighted by Gasteiger charge is -2.19. The highest BCUT2D eigenvalue weighted by molar-refractivity contribution is 6.31. The normalized spacial score (nSPS) is 12.3. The molecule has 0 spiro atoms. The SMILES string of the molecule is CNCC(OCc1ccccc1Cl)c1cccc(Cl)c1. The van der Waals surface area contributed by atoms with Crippen LogP contribution in [-0.4, -0.2) is 13.6 Å². The van der Waals surface area contributed by atoms with Crippen LogP contribution in [0, 0.1) is 0 Å². The summed E-state index contributed by atoms with van der Waals surface area (Å²) < 4.78 is 5.98. The molecule has 0 radical (unpaired) electrons. The first-order valence-corrected chi connectivity index (χ1v) is 7.21. The zero-order chi connectivity index (χ0) is 14.4. The van der Waals surface area contributed by atoms with Crippen LogP contribution in [0.15, 0.2) is 48.5 Å². The summed E-state index contributed by atoms with van der Waals surface area (Å²) in [6, 6.07) is 15.4. The molecule has 2 aromatic carbocycles. The number of nitrogens with one attached hydrogen (secondary N) is 1. The summed E-state index contributed by atoms with van der Waals surface area (Å²) in [5, 5.41) is 4.57. The summed E-state index contributed by atoms with van der Waals surface area (Å²) in [6.07, 6.45) is -0.0602. The molecule has 4 heteroatoms. The van der Waals surface area contributed by atoms with Crippen molar-refractivity contribution in [2.24, 2.45) is 0 Å². The van der Waals surface area contributed by atoms with Crippen LogP contribution in [0.2, 0.25) is 10.0 Å². The van der Waals surface area contributed by atoms with E-state index in [-0.39, 0.29) is 6.10 Å². The third kappa shape index (κ3) is 4.22. The predicted octanol–water partition coefficient (Wildman–Crippen LogP) is 4.47. The molecule has 1 atom stereocenters. The topological polar surface area (TPSA) is 21.3 Å². The number of likely N-dealkylation sites (N-methyl/N-ethyl adjacent to an activating group) is 1. The Balaban J connectivity index is 2.08. The Bertz CT molecular complexity index is 560. The zero-order valence-electron chi connectivity index (χ0n) is 11.3. The molecule has 2 aromatic rings.